The molecule has 1 fully saturated rings. The molecule has 0 radical (unpaired) electrons. The van der Waals surface area contributed by atoms with Gasteiger partial charge in [0.1, 0.15) is 6.26 Å². The molecule has 3 rings (SSSR count). The number of carbonyl (C=O) groups is 1. The van der Waals surface area contributed by atoms with Crippen molar-refractivity contribution in [3.05, 3.63) is 36.3 Å². The Morgan fingerprint density at radius 3 is 2.67 bits per heavy atom. The summed E-state index contributed by atoms with van der Waals surface area (Å²) in [6, 6.07) is 1.53. The number of carbonyl (C=O) groups excluding carboxylic acids is 1. The predicted octanol–water partition coefficient (Wildman–Crippen LogP) is 1.23. The zero-order valence-electron chi connectivity index (χ0n) is 13.8. The molecule has 8 heteroatoms. The molecule has 128 valence electrons. The summed E-state index contributed by atoms with van der Waals surface area (Å²) in [7, 11) is 0. The van der Waals surface area contributed by atoms with E-state index in [1.54, 1.807) is 23.4 Å². The number of nitrogens with zero attached hydrogens (tertiary/aromatic N) is 5. The normalized spacial score (nSPS) is 16.2. The van der Waals surface area contributed by atoms with E-state index in [9.17, 15) is 4.79 Å². The standard InChI is InChI=1S/C16H22N6O2/c1-2-4-12(17)14-20-13(11-24-14)15(23)21-7-9-22(10-8-21)16-18-5-3-6-19-16/h3,5-6,11-12H,2,4,7-10,17H2,1H3. The Kier molecular flexibility index (Phi) is 5.05. The van der Waals surface area contributed by atoms with Crippen molar-refractivity contribution in [3.63, 3.8) is 0 Å². The second-order valence-electron chi connectivity index (χ2n) is 5.79. The van der Waals surface area contributed by atoms with Crippen molar-refractivity contribution in [2.45, 2.75) is 25.8 Å². The maximum atomic E-state index is 12.5. The second-order valence-corrected chi connectivity index (χ2v) is 5.79. The molecule has 2 aromatic heterocycles. The highest BCUT2D eigenvalue weighted by Crippen LogP contribution is 2.17. The molecule has 0 aromatic carbocycles. The third kappa shape index (κ3) is 3.53. The molecule has 8 nitrogen and oxygen atoms in total. The van der Waals surface area contributed by atoms with Gasteiger partial charge in [-0.1, -0.05) is 13.3 Å². The summed E-state index contributed by atoms with van der Waals surface area (Å²) in [6.07, 6.45) is 6.56. The molecule has 0 saturated carbocycles. The van der Waals surface area contributed by atoms with Crippen LogP contribution in [0.3, 0.4) is 0 Å². The number of amides is 1. The van der Waals surface area contributed by atoms with Gasteiger partial charge in [-0.05, 0) is 12.5 Å². The Labute approximate surface area is 140 Å². The second kappa shape index (κ2) is 7.39. The summed E-state index contributed by atoms with van der Waals surface area (Å²) in [5.41, 5.74) is 6.30. The molecular weight excluding hydrogens is 308 g/mol. The van der Waals surface area contributed by atoms with Crippen LogP contribution in [-0.2, 0) is 0 Å². The van der Waals surface area contributed by atoms with Gasteiger partial charge in [0, 0.05) is 38.6 Å². The van der Waals surface area contributed by atoms with Crippen LogP contribution in [-0.4, -0.2) is 51.9 Å². The van der Waals surface area contributed by atoms with Crippen molar-refractivity contribution in [1.82, 2.24) is 19.9 Å². The molecule has 1 unspecified atom stereocenters. The molecule has 2 aromatic rings. The Morgan fingerprint density at radius 1 is 1.29 bits per heavy atom. The van der Waals surface area contributed by atoms with Crippen LogP contribution < -0.4 is 10.6 Å². The average Bonchev–Trinajstić information content (AvgIpc) is 3.12. The maximum Gasteiger partial charge on any atom is 0.275 e. The quantitative estimate of drug-likeness (QED) is 0.879. The number of oxazole rings is 1. The molecule has 0 bridgehead atoms. The molecule has 0 spiro atoms. The summed E-state index contributed by atoms with van der Waals surface area (Å²) < 4.78 is 5.37. The summed E-state index contributed by atoms with van der Waals surface area (Å²) in [5.74, 6) is 0.998. The first-order valence-corrected chi connectivity index (χ1v) is 8.21. The number of anilines is 1. The van der Waals surface area contributed by atoms with Gasteiger partial charge in [0.15, 0.2) is 5.69 Å². The molecule has 1 aliphatic rings. The predicted molar refractivity (Wildman–Crippen MR) is 88.5 cm³/mol. The van der Waals surface area contributed by atoms with Gasteiger partial charge in [-0.15, -0.1) is 0 Å². The monoisotopic (exact) mass is 330 g/mol. The summed E-state index contributed by atoms with van der Waals surface area (Å²) in [6.45, 7) is 4.62. The van der Waals surface area contributed by atoms with E-state index in [1.807, 2.05) is 6.92 Å². The van der Waals surface area contributed by atoms with Gasteiger partial charge in [-0.3, -0.25) is 4.79 Å². The first-order chi connectivity index (χ1) is 11.7. The maximum absolute atomic E-state index is 12.5. The van der Waals surface area contributed by atoms with Gasteiger partial charge in [-0.2, -0.15) is 0 Å². The molecular formula is C16H22N6O2. The van der Waals surface area contributed by atoms with Gasteiger partial charge in [-0.25, -0.2) is 15.0 Å². The summed E-state index contributed by atoms with van der Waals surface area (Å²) in [4.78, 5) is 29.1. The van der Waals surface area contributed by atoms with Crippen LogP contribution in [0.2, 0.25) is 0 Å². The Bertz CT molecular complexity index is 666. The zero-order chi connectivity index (χ0) is 16.9. The van der Waals surface area contributed by atoms with Gasteiger partial charge in [0.2, 0.25) is 11.8 Å². The van der Waals surface area contributed by atoms with E-state index in [-0.39, 0.29) is 11.9 Å². The molecule has 0 aliphatic carbocycles. The molecule has 1 saturated heterocycles. The molecule has 1 aliphatic heterocycles. The van der Waals surface area contributed by atoms with Crippen LogP contribution in [0, 0.1) is 0 Å². The zero-order valence-corrected chi connectivity index (χ0v) is 13.8. The van der Waals surface area contributed by atoms with E-state index in [2.05, 4.69) is 19.9 Å². The molecule has 1 atom stereocenters. The van der Waals surface area contributed by atoms with Crippen LogP contribution in [0.15, 0.2) is 29.1 Å². The number of aromatic nitrogens is 3. The molecule has 3 heterocycles. The minimum Gasteiger partial charge on any atom is -0.446 e. The van der Waals surface area contributed by atoms with Crippen molar-refractivity contribution in [2.75, 3.05) is 31.1 Å². The van der Waals surface area contributed by atoms with Gasteiger partial charge in [0.05, 0.1) is 6.04 Å². The SMILES string of the molecule is CCCC(N)c1nc(C(=O)N2CCN(c3ncccn3)CC2)co1. The Balaban J connectivity index is 1.59. The van der Waals surface area contributed by atoms with Crippen molar-refractivity contribution in [3.8, 4) is 0 Å². The number of piperazine rings is 1. The van der Waals surface area contributed by atoms with E-state index >= 15 is 0 Å². The van der Waals surface area contributed by atoms with Crippen LogP contribution in [0.4, 0.5) is 5.95 Å². The van der Waals surface area contributed by atoms with Gasteiger partial charge >= 0.3 is 0 Å². The van der Waals surface area contributed by atoms with Gasteiger partial charge in [0.25, 0.3) is 5.91 Å². The number of hydrogen-bond acceptors (Lipinski definition) is 7. The van der Waals surface area contributed by atoms with Crippen molar-refractivity contribution in [1.29, 1.82) is 0 Å². The lowest BCUT2D eigenvalue weighted by atomic mass is 10.2. The van der Waals surface area contributed by atoms with Gasteiger partial charge < -0.3 is 20.0 Å². The fourth-order valence-electron chi connectivity index (χ4n) is 2.72. The Hall–Kier alpha value is -2.48. The molecule has 2 N–H and O–H groups in total. The third-order valence-corrected chi connectivity index (χ3v) is 4.06. The third-order valence-electron chi connectivity index (χ3n) is 4.06. The smallest absolute Gasteiger partial charge is 0.275 e. The number of rotatable bonds is 5. The fraction of sp³-hybridized carbons (Fsp3) is 0.500. The van der Waals surface area contributed by atoms with Crippen LogP contribution in [0.5, 0.6) is 0 Å². The highest BCUT2D eigenvalue weighted by molar-refractivity contribution is 5.92. The average molecular weight is 330 g/mol. The molecule has 24 heavy (non-hydrogen) atoms. The minimum atomic E-state index is -0.261. The van der Waals surface area contributed by atoms with Crippen molar-refractivity contribution >= 4 is 11.9 Å². The van der Waals surface area contributed by atoms with E-state index in [4.69, 9.17) is 10.2 Å². The first kappa shape index (κ1) is 16.4. The van der Waals surface area contributed by atoms with Crippen molar-refractivity contribution < 1.29 is 9.21 Å². The fourth-order valence-corrected chi connectivity index (χ4v) is 2.72. The van der Waals surface area contributed by atoms with Crippen molar-refractivity contribution in [2.24, 2.45) is 5.73 Å². The summed E-state index contributed by atoms with van der Waals surface area (Å²) >= 11 is 0. The minimum absolute atomic E-state index is 0.123. The highest BCUT2D eigenvalue weighted by atomic mass is 16.3. The van der Waals surface area contributed by atoms with Crippen LogP contribution >= 0.6 is 0 Å². The number of nitrogens with two attached hydrogens (primary N) is 1. The van der Waals surface area contributed by atoms with Crippen LogP contribution in [0.25, 0.3) is 0 Å². The summed E-state index contributed by atoms with van der Waals surface area (Å²) in [5, 5.41) is 0. The van der Waals surface area contributed by atoms with E-state index in [1.165, 1.54) is 6.26 Å². The van der Waals surface area contributed by atoms with E-state index < -0.39 is 0 Å². The lowest BCUT2D eigenvalue weighted by molar-refractivity contribution is 0.0740. The lowest BCUT2D eigenvalue weighted by Crippen LogP contribution is -2.49. The van der Waals surface area contributed by atoms with E-state index in [0.29, 0.717) is 43.7 Å². The highest BCUT2D eigenvalue weighted by Gasteiger charge is 2.26. The van der Waals surface area contributed by atoms with E-state index in [0.717, 1.165) is 12.8 Å². The largest absolute Gasteiger partial charge is 0.446 e. The topological polar surface area (TPSA) is 101 Å². The first-order valence-electron chi connectivity index (χ1n) is 8.21. The van der Waals surface area contributed by atoms with Crippen LogP contribution in [0.1, 0.15) is 42.2 Å². The number of hydrogen-bond donors (Lipinski definition) is 1. The lowest BCUT2D eigenvalue weighted by Gasteiger charge is -2.34. The Morgan fingerprint density at radius 2 is 2.00 bits per heavy atom. The molecule has 1 amide bonds.